The molecule has 2 atom stereocenters. The lowest BCUT2D eigenvalue weighted by Gasteiger charge is -2.19. The summed E-state index contributed by atoms with van der Waals surface area (Å²) in [6.07, 6.45) is -0.407. The lowest BCUT2D eigenvalue weighted by molar-refractivity contribution is -0.991. The molecule has 9 nitrogen and oxygen atoms in total. The first-order chi connectivity index (χ1) is 12.8. The molecule has 2 aromatic rings. The number of rotatable bonds is 8. The number of ether oxygens (including phenoxy) is 2. The second kappa shape index (κ2) is 8.99. The Kier molecular flexibility index (Phi) is 6.72. The Labute approximate surface area is 155 Å². The predicted octanol–water partition coefficient (Wildman–Crippen LogP) is 1.05. The molecule has 0 saturated carbocycles. The molecule has 2 aromatic carbocycles. The van der Waals surface area contributed by atoms with E-state index in [9.17, 15) is 14.8 Å². The van der Waals surface area contributed by atoms with Crippen molar-refractivity contribution in [2.75, 3.05) is 14.2 Å². The summed E-state index contributed by atoms with van der Waals surface area (Å²) in [5.41, 5.74) is 0.594. The molecule has 4 N–H and O–H groups in total. The Morgan fingerprint density at radius 1 is 1.15 bits per heavy atom. The highest BCUT2D eigenvalue weighted by Crippen LogP contribution is 2.24. The first kappa shape index (κ1) is 20.2. The van der Waals surface area contributed by atoms with Crippen molar-refractivity contribution in [1.29, 1.82) is 0 Å². The third-order valence-electron chi connectivity index (χ3n) is 3.83. The maximum absolute atomic E-state index is 12.6. The highest BCUT2D eigenvalue weighted by atomic mass is 16.8. The van der Waals surface area contributed by atoms with Crippen LogP contribution in [0.25, 0.3) is 0 Å². The average Bonchev–Trinajstić information content (AvgIpc) is 2.66. The lowest BCUT2D eigenvalue weighted by atomic mass is 10.0. The molecule has 2 rings (SSSR count). The molecular formula is C18H20N2O7. The maximum atomic E-state index is 12.6. The van der Waals surface area contributed by atoms with E-state index in [0.717, 1.165) is 0 Å². The van der Waals surface area contributed by atoms with E-state index in [1.807, 2.05) is 0 Å². The molecule has 9 heteroatoms. The van der Waals surface area contributed by atoms with Crippen molar-refractivity contribution >= 4 is 17.6 Å². The molecule has 0 aromatic heterocycles. The van der Waals surface area contributed by atoms with Gasteiger partial charge in [-0.05, 0) is 17.7 Å². The van der Waals surface area contributed by atoms with Crippen molar-refractivity contribution in [1.82, 2.24) is 5.32 Å². The van der Waals surface area contributed by atoms with Gasteiger partial charge in [0.15, 0.2) is 5.69 Å². The van der Waals surface area contributed by atoms with Crippen LogP contribution in [-0.2, 0) is 4.79 Å². The molecule has 0 saturated heterocycles. The topological polar surface area (TPSA) is 133 Å². The fourth-order valence-corrected chi connectivity index (χ4v) is 2.50. The number of nitrogens with one attached hydrogen (secondary N) is 2. The number of methoxy groups -OCH3 is 2. The highest BCUT2D eigenvalue weighted by Gasteiger charge is 2.21. The molecule has 0 heterocycles. The number of hydrogen-bond donors (Lipinski definition) is 4. The van der Waals surface area contributed by atoms with Gasteiger partial charge in [-0.25, -0.2) is 5.21 Å². The first-order valence-electron chi connectivity index (χ1n) is 7.93. The van der Waals surface area contributed by atoms with Gasteiger partial charge in [0.05, 0.1) is 26.7 Å². The van der Waals surface area contributed by atoms with Gasteiger partial charge in [-0.3, -0.25) is 9.59 Å². The Balaban J connectivity index is 2.32. The molecular weight excluding hydrogens is 356 g/mol. The van der Waals surface area contributed by atoms with Crippen LogP contribution in [0.1, 0.15) is 28.4 Å². The summed E-state index contributed by atoms with van der Waals surface area (Å²) in [4.78, 5) is 23.8. The maximum Gasteiger partial charge on any atom is 0.305 e. The van der Waals surface area contributed by atoms with Crippen LogP contribution >= 0.6 is 0 Å². The zero-order valence-corrected chi connectivity index (χ0v) is 14.8. The van der Waals surface area contributed by atoms with Crippen molar-refractivity contribution < 1.29 is 34.6 Å². The van der Waals surface area contributed by atoms with E-state index in [-0.39, 0.29) is 11.3 Å². The van der Waals surface area contributed by atoms with Gasteiger partial charge in [0.25, 0.3) is 5.91 Å². The van der Waals surface area contributed by atoms with Crippen LogP contribution in [0.2, 0.25) is 0 Å². The minimum atomic E-state index is -1.14. The normalized spacial score (nSPS) is 12.7. The monoisotopic (exact) mass is 376 g/mol. The number of hydrogen-bond acceptors (Lipinski definition) is 6. The Bertz CT molecular complexity index is 801. The van der Waals surface area contributed by atoms with Crippen LogP contribution in [0.4, 0.5) is 5.69 Å². The van der Waals surface area contributed by atoms with Gasteiger partial charge >= 0.3 is 5.97 Å². The number of carbonyl (C=O) groups is 2. The van der Waals surface area contributed by atoms with Gasteiger partial charge in [-0.2, -0.15) is 5.23 Å². The van der Waals surface area contributed by atoms with E-state index in [1.54, 1.807) is 12.1 Å². The third kappa shape index (κ3) is 5.42. The molecule has 0 fully saturated rings. The molecule has 0 aliphatic rings. The molecule has 0 radical (unpaired) electrons. The summed E-state index contributed by atoms with van der Waals surface area (Å²) >= 11 is 0. The van der Waals surface area contributed by atoms with Crippen molar-refractivity contribution in [2.24, 2.45) is 0 Å². The minimum Gasteiger partial charge on any atom is -0.595 e. The van der Waals surface area contributed by atoms with Crippen molar-refractivity contribution in [3.8, 4) is 11.5 Å². The standard InChI is InChI=1S/C18H20N2O7/c1-26-14-7-12(8-15(9-14)27-2)18(23)19-16(10-17(21)22)11-4-3-5-13(6-11)20(24)25/h3-9,16,20,24H,10H2,1-2H3,(H,19,23)(H,21,22)/t16-/m1/s1. The highest BCUT2D eigenvalue weighted by molar-refractivity contribution is 5.95. The SMILES string of the molecule is COc1cc(OC)cc(C(=O)N[C@H](CC(=O)O)c2cccc([NH+]([O-])O)c2)c1. The van der Waals surface area contributed by atoms with Crippen molar-refractivity contribution in [3.63, 3.8) is 0 Å². The Morgan fingerprint density at radius 3 is 2.30 bits per heavy atom. The summed E-state index contributed by atoms with van der Waals surface area (Å²) < 4.78 is 10.2. The van der Waals surface area contributed by atoms with Crippen LogP contribution in [0.15, 0.2) is 42.5 Å². The molecule has 1 amide bonds. The van der Waals surface area contributed by atoms with Crippen LogP contribution in [0.3, 0.4) is 0 Å². The summed E-state index contributed by atoms with van der Waals surface area (Å²) in [6.45, 7) is 0. The van der Waals surface area contributed by atoms with E-state index in [1.165, 1.54) is 44.6 Å². The molecule has 27 heavy (non-hydrogen) atoms. The predicted molar refractivity (Wildman–Crippen MR) is 94.2 cm³/mol. The van der Waals surface area contributed by atoms with Crippen LogP contribution in [0.5, 0.6) is 11.5 Å². The van der Waals surface area contributed by atoms with Gasteiger partial charge in [-0.15, -0.1) is 0 Å². The summed E-state index contributed by atoms with van der Waals surface area (Å²) in [7, 11) is 2.89. The average molecular weight is 376 g/mol. The Hall–Kier alpha value is -3.14. The summed E-state index contributed by atoms with van der Waals surface area (Å²) in [5.74, 6) is -0.868. The van der Waals surface area contributed by atoms with E-state index in [0.29, 0.717) is 17.1 Å². The van der Waals surface area contributed by atoms with E-state index >= 15 is 0 Å². The van der Waals surface area contributed by atoms with Crippen molar-refractivity contribution in [2.45, 2.75) is 12.5 Å². The van der Waals surface area contributed by atoms with E-state index in [2.05, 4.69) is 5.32 Å². The van der Waals surface area contributed by atoms with Crippen molar-refractivity contribution in [3.05, 3.63) is 58.8 Å². The number of benzene rings is 2. The van der Waals surface area contributed by atoms with Gasteiger partial charge < -0.3 is 25.1 Å². The molecule has 0 aliphatic carbocycles. The van der Waals surface area contributed by atoms with Crippen LogP contribution < -0.4 is 20.0 Å². The van der Waals surface area contributed by atoms with Gasteiger partial charge in [0.1, 0.15) is 11.5 Å². The quantitative estimate of drug-likeness (QED) is 0.506. The summed E-state index contributed by atoms with van der Waals surface area (Å²) in [5, 5.41) is 30.9. The number of carboxylic acids is 1. The van der Waals surface area contributed by atoms with Gasteiger partial charge in [0, 0.05) is 23.8 Å². The number of amides is 1. The number of quaternary nitrogens is 1. The zero-order chi connectivity index (χ0) is 20.0. The fraction of sp³-hybridized carbons (Fsp3) is 0.222. The van der Waals surface area contributed by atoms with E-state index < -0.39 is 29.6 Å². The summed E-state index contributed by atoms with van der Waals surface area (Å²) in [6, 6.07) is 9.45. The fourth-order valence-electron chi connectivity index (χ4n) is 2.50. The molecule has 1 unspecified atom stereocenters. The first-order valence-corrected chi connectivity index (χ1v) is 7.93. The number of carbonyl (C=O) groups excluding carboxylic acids is 1. The number of aliphatic carboxylic acids is 1. The number of carboxylic acid groups (broad SMARTS) is 1. The molecule has 0 spiro atoms. The van der Waals surface area contributed by atoms with Crippen LogP contribution in [0, 0.1) is 5.21 Å². The Morgan fingerprint density at radius 2 is 1.78 bits per heavy atom. The van der Waals surface area contributed by atoms with Gasteiger partial charge in [-0.1, -0.05) is 12.1 Å². The second-order valence-corrected chi connectivity index (χ2v) is 5.66. The molecule has 0 aliphatic heterocycles. The smallest absolute Gasteiger partial charge is 0.305 e. The van der Waals surface area contributed by atoms with Crippen LogP contribution in [-0.4, -0.2) is 36.4 Å². The molecule has 0 bridgehead atoms. The minimum absolute atomic E-state index is 0.000173. The van der Waals surface area contributed by atoms with E-state index in [4.69, 9.17) is 19.8 Å². The lowest BCUT2D eigenvalue weighted by Crippen LogP contribution is -2.99. The molecule has 144 valence electrons. The van der Waals surface area contributed by atoms with Gasteiger partial charge in [0.2, 0.25) is 0 Å². The third-order valence-corrected chi connectivity index (χ3v) is 3.83. The largest absolute Gasteiger partial charge is 0.595 e. The zero-order valence-electron chi connectivity index (χ0n) is 14.8. The second-order valence-electron chi connectivity index (χ2n) is 5.66.